The topological polar surface area (TPSA) is 35.2 Å². The first-order chi connectivity index (χ1) is 7.27. The smallest absolute Gasteiger partial charge is 0.0819 e. The molecule has 2 fully saturated rings. The van der Waals surface area contributed by atoms with Crippen LogP contribution in [0.25, 0.3) is 0 Å². The second kappa shape index (κ2) is 5.55. The van der Waals surface area contributed by atoms with E-state index in [9.17, 15) is 0 Å². The van der Waals surface area contributed by atoms with Gasteiger partial charge in [-0.05, 0) is 24.7 Å². The summed E-state index contributed by atoms with van der Waals surface area (Å²) in [6.07, 6.45) is 5.70. The zero-order chi connectivity index (χ0) is 10.7. The van der Waals surface area contributed by atoms with E-state index in [4.69, 9.17) is 10.5 Å². The second-order valence-electron chi connectivity index (χ2n) is 5.09. The molecule has 15 heavy (non-hydrogen) atoms. The molecule has 1 aliphatic heterocycles. The van der Waals surface area contributed by atoms with Gasteiger partial charge in [-0.1, -0.05) is 19.8 Å². The number of ether oxygens (including phenoxy) is 1. The van der Waals surface area contributed by atoms with Crippen molar-refractivity contribution in [2.45, 2.75) is 44.8 Å². The summed E-state index contributed by atoms with van der Waals surface area (Å²) in [5, 5.41) is 0. The SMILES string of the molecule is CC1CCCC(C(N)C2CSCCO2)C1. The van der Waals surface area contributed by atoms with Gasteiger partial charge in [0, 0.05) is 17.5 Å². The summed E-state index contributed by atoms with van der Waals surface area (Å²) in [5.41, 5.74) is 6.35. The van der Waals surface area contributed by atoms with Crippen molar-refractivity contribution >= 4 is 11.8 Å². The third-order valence-electron chi connectivity index (χ3n) is 3.79. The van der Waals surface area contributed by atoms with E-state index in [0.29, 0.717) is 12.0 Å². The predicted molar refractivity (Wildman–Crippen MR) is 66.2 cm³/mol. The van der Waals surface area contributed by atoms with Crippen LogP contribution in [0, 0.1) is 11.8 Å². The van der Waals surface area contributed by atoms with E-state index in [1.807, 2.05) is 11.8 Å². The van der Waals surface area contributed by atoms with Crippen molar-refractivity contribution in [3.8, 4) is 0 Å². The summed E-state index contributed by atoms with van der Waals surface area (Å²) in [4.78, 5) is 0. The van der Waals surface area contributed by atoms with Crippen LogP contribution in [-0.2, 0) is 4.74 Å². The van der Waals surface area contributed by atoms with Gasteiger partial charge in [0.25, 0.3) is 0 Å². The first-order valence-electron chi connectivity index (χ1n) is 6.22. The number of thioether (sulfide) groups is 1. The Labute approximate surface area is 97.3 Å². The van der Waals surface area contributed by atoms with Crippen LogP contribution in [0.3, 0.4) is 0 Å². The van der Waals surface area contributed by atoms with Crippen molar-refractivity contribution in [3.63, 3.8) is 0 Å². The fourth-order valence-corrected chi connectivity index (χ4v) is 3.79. The van der Waals surface area contributed by atoms with Gasteiger partial charge in [-0.2, -0.15) is 11.8 Å². The van der Waals surface area contributed by atoms with E-state index in [1.54, 1.807) is 0 Å². The highest BCUT2D eigenvalue weighted by Crippen LogP contribution is 2.32. The molecular weight excluding hydrogens is 206 g/mol. The van der Waals surface area contributed by atoms with Crippen molar-refractivity contribution < 1.29 is 4.74 Å². The van der Waals surface area contributed by atoms with Crippen LogP contribution in [0.2, 0.25) is 0 Å². The normalized spacial score (nSPS) is 40.0. The van der Waals surface area contributed by atoms with E-state index in [1.165, 1.54) is 25.7 Å². The molecule has 0 aromatic heterocycles. The molecule has 3 heteroatoms. The summed E-state index contributed by atoms with van der Waals surface area (Å²) in [7, 11) is 0. The molecule has 2 nitrogen and oxygen atoms in total. The summed E-state index contributed by atoms with van der Waals surface area (Å²) in [5.74, 6) is 3.82. The van der Waals surface area contributed by atoms with Crippen molar-refractivity contribution in [1.82, 2.24) is 0 Å². The lowest BCUT2D eigenvalue weighted by Gasteiger charge is -2.36. The number of rotatable bonds is 2. The van der Waals surface area contributed by atoms with Crippen LogP contribution >= 0.6 is 11.8 Å². The van der Waals surface area contributed by atoms with Gasteiger partial charge < -0.3 is 10.5 Å². The highest BCUT2D eigenvalue weighted by atomic mass is 32.2. The molecule has 1 heterocycles. The van der Waals surface area contributed by atoms with Gasteiger partial charge in [0.1, 0.15) is 0 Å². The van der Waals surface area contributed by atoms with E-state index in [2.05, 4.69) is 6.92 Å². The standard InChI is InChI=1S/C12H23NOS/c1-9-3-2-4-10(7-9)12(13)11-8-15-6-5-14-11/h9-12H,2-8,13H2,1H3. The molecule has 2 aliphatic rings. The number of hydrogen-bond acceptors (Lipinski definition) is 3. The molecule has 4 unspecified atom stereocenters. The first-order valence-corrected chi connectivity index (χ1v) is 7.38. The molecule has 1 saturated carbocycles. The Kier molecular flexibility index (Phi) is 4.35. The summed E-state index contributed by atoms with van der Waals surface area (Å²) < 4.78 is 5.78. The quantitative estimate of drug-likeness (QED) is 0.789. The lowest BCUT2D eigenvalue weighted by atomic mass is 9.77. The van der Waals surface area contributed by atoms with Crippen LogP contribution in [0.15, 0.2) is 0 Å². The Hall–Kier alpha value is 0.270. The van der Waals surface area contributed by atoms with Crippen molar-refractivity contribution in [3.05, 3.63) is 0 Å². The maximum atomic E-state index is 6.35. The highest BCUT2D eigenvalue weighted by molar-refractivity contribution is 7.99. The Balaban J connectivity index is 1.85. The zero-order valence-corrected chi connectivity index (χ0v) is 10.5. The number of hydrogen-bond donors (Lipinski definition) is 1. The van der Waals surface area contributed by atoms with Crippen LogP contribution in [0.4, 0.5) is 0 Å². The van der Waals surface area contributed by atoms with Gasteiger partial charge in [-0.15, -0.1) is 0 Å². The Morgan fingerprint density at radius 1 is 1.40 bits per heavy atom. The Bertz CT molecular complexity index is 194. The Morgan fingerprint density at radius 3 is 2.93 bits per heavy atom. The van der Waals surface area contributed by atoms with Crippen LogP contribution in [0.1, 0.15) is 32.6 Å². The molecular formula is C12H23NOS. The molecule has 2 N–H and O–H groups in total. The third-order valence-corrected chi connectivity index (χ3v) is 4.81. The summed E-state index contributed by atoms with van der Waals surface area (Å²) in [6.45, 7) is 3.25. The van der Waals surface area contributed by atoms with E-state index >= 15 is 0 Å². The van der Waals surface area contributed by atoms with E-state index in [0.717, 1.165) is 24.0 Å². The molecule has 0 radical (unpaired) electrons. The van der Waals surface area contributed by atoms with E-state index in [-0.39, 0.29) is 6.04 Å². The second-order valence-corrected chi connectivity index (χ2v) is 6.24. The van der Waals surface area contributed by atoms with Crippen LogP contribution in [-0.4, -0.2) is 30.3 Å². The molecule has 1 saturated heterocycles. The summed E-state index contributed by atoms with van der Waals surface area (Å²) >= 11 is 1.99. The van der Waals surface area contributed by atoms with Crippen molar-refractivity contribution in [2.24, 2.45) is 17.6 Å². The molecule has 0 spiro atoms. The van der Waals surface area contributed by atoms with Gasteiger partial charge in [-0.25, -0.2) is 0 Å². The molecule has 4 atom stereocenters. The first kappa shape index (κ1) is 11.7. The van der Waals surface area contributed by atoms with Gasteiger partial charge in [0.2, 0.25) is 0 Å². The van der Waals surface area contributed by atoms with Gasteiger partial charge in [0.05, 0.1) is 12.7 Å². The molecule has 0 aromatic rings. The lowest BCUT2D eigenvalue weighted by molar-refractivity contribution is 0.0324. The number of nitrogens with two attached hydrogens (primary N) is 1. The minimum Gasteiger partial charge on any atom is -0.375 e. The van der Waals surface area contributed by atoms with Gasteiger partial charge >= 0.3 is 0 Å². The molecule has 1 aliphatic carbocycles. The van der Waals surface area contributed by atoms with Crippen molar-refractivity contribution in [2.75, 3.05) is 18.1 Å². The van der Waals surface area contributed by atoms with Crippen LogP contribution < -0.4 is 5.73 Å². The van der Waals surface area contributed by atoms with Crippen LogP contribution in [0.5, 0.6) is 0 Å². The minimum absolute atomic E-state index is 0.278. The average Bonchev–Trinajstić information content (AvgIpc) is 2.29. The maximum Gasteiger partial charge on any atom is 0.0819 e. The largest absolute Gasteiger partial charge is 0.375 e. The fourth-order valence-electron chi connectivity index (χ4n) is 2.86. The summed E-state index contributed by atoms with van der Waals surface area (Å²) in [6, 6.07) is 0.278. The zero-order valence-electron chi connectivity index (χ0n) is 9.65. The predicted octanol–water partition coefficient (Wildman–Crippen LogP) is 2.27. The van der Waals surface area contributed by atoms with Crippen molar-refractivity contribution in [1.29, 1.82) is 0 Å². The average molecular weight is 229 g/mol. The minimum atomic E-state index is 0.278. The van der Waals surface area contributed by atoms with Gasteiger partial charge in [0.15, 0.2) is 0 Å². The molecule has 88 valence electrons. The molecule has 0 aromatic carbocycles. The Morgan fingerprint density at radius 2 is 2.27 bits per heavy atom. The molecule has 0 bridgehead atoms. The van der Waals surface area contributed by atoms with E-state index < -0.39 is 0 Å². The van der Waals surface area contributed by atoms with Gasteiger partial charge in [-0.3, -0.25) is 0 Å². The molecule has 0 amide bonds. The fraction of sp³-hybridized carbons (Fsp3) is 1.00. The lowest BCUT2D eigenvalue weighted by Crippen LogP contribution is -2.47. The maximum absolute atomic E-state index is 6.35. The monoisotopic (exact) mass is 229 g/mol. The third kappa shape index (κ3) is 3.11. The molecule has 2 rings (SSSR count). The highest BCUT2D eigenvalue weighted by Gasteiger charge is 2.31.